The average Bonchev–Trinajstić information content (AvgIpc) is 2.68. The quantitative estimate of drug-likeness (QED) is 0.826. The minimum atomic E-state index is -1.54. The van der Waals surface area contributed by atoms with Crippen molar-refractivity contribution in [1.82, 2.24) is 0 Å². The number of nitrogens with zero attached hydrogens (tertiary/aromatic N) is 3. The lowest BCUT2D eigenvalue weighted by molar-refractivity contribution is 0.334. The second-order valence-corrected chi connectivity index (χ2v) is 7.01. The van der Waals surface area contributed by atoms with Crippen LogP contribution < -0.4 is 10.5 Å². The summed E-state index contributed by atoms with van der Waals surface area (Å²) in [5.74, 6) is 0.804. The van der Waals surface area contributed by atoms with Gasteiger partial charge in [0.2, 0.25) is 5.41 Å². The van der Waals surface area contributed by atoms with Crippen LogP contribution in [0.25, 0.3) is 0 Å². The summed E-state index contributed by atoms with van der Waals surface area (Å²) in [5.41, 5.74) is 6.81. The van der Waals surface area contributed by atoms with E-state index in [1.807, 2.05) is 30.3 Å². The van der Waals surface area contributed by atoms with Gasteiger partial charge in [0.25, 0.3) is 0 Å². The first-order valence-electron chi connectivity index (χ1n) is 8.59. The van der Waals surface area contributed by atoms with Gasteiger partial charge in [-0.25, -0.2) is 0 Å². The average molecular weight is 344 g/mol. The first kappa shape index (κ1) is 17.6. The van der Waals surface area contributed by atoms with Crippen LogP contribution in [0.2, 0.25) is 0 Å². The van der Waals surface area contributed by atoms with Crippen LogP contribution >= 0.6 is 0 Å². The number of nitrogens with two attached hydrogens (primary N) is 1. The monoisotopic (exact) mass is 344 g/mol. The normalized spacial score (nSPS) is 26.6. The van der Waals surface area contributed by atoms with Crippen LogP contribution in [0.5, 0.6) is 5.75 Å². The van der Waals surface area contributed by atoms with Crippen LogP contribution in [0, 0.1) is 51.2 Å². The zero-order valence-corrected chi connectivity index (χ0v) is 14.9. The standard InChI is InChI=1S/C21H20N4O/c1-13-3-8-18-16(9-13)19(14-4-6-15(26-2)7-5-14)17(10-22)20(25)21(18,11-23)12-24/h4-8,13,16,19H,3,9,25H2,1-2H3/t13-,16+,19+/m1/s1. The summed E-state index contributed by atoms with van der Waals surface area (Å²) in [6.07, 6.45) is 3.61. The van der Waals surface area contributed by atoms with Crippen LogP contribution in [-0.4, -0.2) is 7.11 Å². The molecular weight excluding hydrogens is 324 g/mol. The maximum Gasteiger partial charge on any atom is 0.204 e. The molecule has 0 fully saturated rings. The van der Waals surface area contributed by atoms with Crippen LogP contribution in [0.15, 0.2) is 47.2 Å². The van der Waals surface area contributed by atoms with E-state index in [4.69, 9.17) is 10.5 Å². The topological polar surface area (TPSA) is 107 Å². The predicted molar refractivity (Wildman–Crippen MR) is 96.2 cm³/mol. The third-order valence-electron chi connectivity index (χ3n) is 5.57. The van der Waals surface area contributed by atoms with E-state index in [-0.39, 0.29) is 17.5 Å². The minimum Gasteiger partial charge on any atom is -0.497 e. The highest BCUT2D eigenvalue weighted by Crippen LogP contribution is 2.55. The number of rotatable bonds is 2. The largest absolute Gasteiger partial charge is 0.497 e. The van der Waals surface area contributed by atoms with Crippen LogP contribution in [0.1, 0.15) is 31.2 Å². The van der Waals surface area contributed by atoms with Gasteiger partial charge >= 0.3 is 0 Å². The Morgan fingerprint density at radius 3 is 2.35 bits per heavy atom. The molecule has 0 saturated heterocycles. The Morgan fingerprint density at radius 1 is 1.15 bits per heavy atom. The third-order valence-corrected chi connectivity index (χ3v) is 5.57. The van der Waals surface area contributed by atoms with Gasteiger partial charge in [0, 0.05) is 5.92 Å². The van der Waals surface area contributed by atoms with Crippen molar-refractivity contribution in [2.75, 3.05) is 7.11 Å². The fraction of sp³-hybridized carbons (Fsp3) is 0.381. The van der Waals surface area contributed by atoms with Crippen LogP contribution in [0.4, 0.5) is 0 Å². The minimum absolute atomic E-state index is 0.0721. The summed E-state index contributed by atoms with van der Waals surface area (Å²) >= 11 is 0. The van der Waals surface area contributed by atoms with Gasteiger partial charge in [-0.15, -0.1) is 0 Å². The van der Waals surface area contributed by atoms with Crippen molar-refractivity contribution in [3.63, 3.8) is 0 Å². The molecule has 0 saturated carbocycles. The lowest BCUT2D eigenvalue weighted by atomic mass is 9.57. The molecule has 26 heavy (non-hydrogen) atoms. The molecule has 1 aromatic rings. The first-order valence-corrected chi connectivity index (χ1v) is 8.59. The number of hydrogen-bond acceptors (Lipinski definition) is 5. The van der Waals surface area contributed by atoms with E-state index in [1.54, 1.807) is 7.11 Å². The van der Waals surface area contributed by atoms with Crippen LogP contribution in [-0.2, 0) is 0 Å². The lowest BCUT2D eigenvalue weighted by Crippen LogP contribution is -2.41. The van der Waals surface area contributed by atoms with E-state index < -0.39 is 5.41 Å². The highest BCUT2D eigenvalue weighted by molar-refractivity contribution is 5.58. The molecule has 5 heteroatoms. The molecule has 1 aromatic carbocycles. The van der Waals surface area contributed by atoms with Gasteiger partial charge in [-0.1, -0.05) is 25.1 Å². The molecule has 3 atom stereocenters. The number of nitriles is 3. The summed E-state index contributed by atoms with van der Waals surface area (Å²) in [6.45, 7) is 2.15. The van der Waals surface area contributed by atoms with Crippen LogP contribution in [0.3, 0.4) is 0 Å². The van der Waals surface area contributed by atoms with E-state index in [9.17, 15) is 15.8 Å². The van der Waals surface area contributed by atoms with E-state index in [2.05, 4.69) is 25.1 Å². The Labute approximate surface area is 153 Å². The molecule has 0 bridgehead atoms. The number of benzene rings is 1. The molecule has 5 nitrogen and oxygen atoms in total. The van der Waals surface area contributed by atoms with E-state index in [1.165, 1.54) is 0 Å². The van der Waals surface area contributed by atoms with Crippen molar-refractivity contribution < 1.29 is 4.74 Å². The van der Waals surface area contributed by atoms with Crippen molar-refractivity contribution in [1.29, 1.82) is 15.8 Å². The third kappa shape index (κ3) is 2.43. The second-order valence-electron chi connectivity index (χ2n) is 7.01. The van der Waals surface area contributed by atoms with Gasteiger partial charge in [0.15, 0.2) is 0 Å². The highest BCUT2D eigenvalue weighted by Gasteiger charge is 2.52. The molecular formula is C21H20N4O. The van der Waals surface area contributed by atoms with Gasteiger partial charge in [-0.05, 0) is 47.9 Å². The fourth-order valence-corrected chi connectivity index (χ4v) is 4.22. The number of methoxy groups -OCH3 is 1. The molecule has 0 aliphatic heterocycles. The van der Waals surface area contributed by atoms with Gasteiger partial charge in [0.05, 0.1) is 36.6 Å². The summed E-state index contributed by atoms with van der Waals surface area (Å²) in [4.78, 5) is 0. The van der Waals surface area contributed by atoms with E-state index in [0.29, 0.717) is 11.5 Å². The molecule has 0 spiro atoms. The van der Waals surface area contributed by atoms with Crippen molar-refractivity contribution >= 4 is 0 Å². The first-order chi connectivity index (χ1) is 12.5. The number of fused-ring (bicyclic) bond motifs is 1. The molecule has 2 aliphatic carbocycles. The molecule has 3 rings (SSSR count). The Hall–Kier alpha value is -3.23. The van der Waals surface area contributed by atoms with Crippen molar-refractivity contribution in [3.05, 3.63) is 52.7 Å². The second kappa shape index (κ2) is 6.58. The van der Waals surface area contributed by atoms with Crippen molar-refractivity contribution in [2.45, 2.75) is 25.7 Å². The Morgan fingerprint density at radius 2 is 1.81 bits per heavy atom. The van der Waals surface area contributed by atoms with Gasteiger partial charge < -0.3 is 10.5 Å². The number of hydrogen-bond donors (Lipinski definition) is 1. The predicted octanol–water partition coefficient (Wildman–Crippen LogP) is 3.53. The molecule has 2 aliphatic rings. The number of allylic oxidation sites excluding steroid dienone is 3. The smallest absolute Gasteiger partial charge is 0.204 e. The molecule has 0 aromatic heterocycles. The molecule has 0 radical (unpaired) electrons. The SMILES string of the molecule is COc1ccc([C@@H]2C(C#N)=C(N)C(C#N)(C#N)C3=CC[C@@H](C)C[C@@H]32)cc1. The highest BCUT2D eigenvalue weighted by atomic mass is 16.5. The maximum absolute atomic E-state index is 9.82. The summed E-state index contributed by atoms with van der Waals surface area (Å²) in [5, 5.41) is 29.4. The van der Waals surface area contributed by atoms with Crippen molar-refractivity contribution in [3.8, 4) is 24.0 Å². The zero-order valence-electron chi connectivity index (χ0n) is 14.9. The fourth-order valence-electron chi connectivity index (χ4n) is 4.22. The maximum atomic E-state index is 9.82. The van der Waals surface area contributed by atoms with Gasteiger partial charge in [0.1, 0.15) is 5.75 Å². The lowest BCUT2D eigenvalue weighted by Gasteiger charge is -2.43. The van der Waals surface area contributed by atoms with E-state index in [0.717, 1.165) is 29.7 Å². The Balaban J connectivity index is 2.26. The van der Waals surface area contributed by atoms with Gasteiger partial charge in [-0.3, -0.25) is 0 Å². The molecule has 130 valence electrons. The zero-order chi connectivity index (χ0) is 18.9. The molecule has 0 unspecified atom stereocenters. The number of ether oxygens (including phenoxy) is 1. The summed E-state index contributed by atoms with van der Waals surface area (Å²) in [7, 11) is 1.60. The van der Waals surface area contributed by atoms with E-state index >= 15 is 0 Å². The summed E-state index contributed by atoms with van der Waals surface area (Å²) < 4.78 is 5.22. The molecule has 0 amide bonds. The van der Waals surface area contributed by atoms with Crippen molar-refractivity contribution in [2.24, 2.45) is 23.0 Å². The Kier molecular flexibility index (Phi) is 4.45. The molecule has 2 N–H and O–H groups in total. The summed E-state index contributed by atoms with van der Waals surface area (Å²) in [6, 6.07) is 14.0. The molecule has 0 heterocycles. The Bertz CT molecular complexity index is 891. The van der Waals surface area contributed by atoms with Gasteiger partial charge in [-0.2, -0.15) is 15.8 Å².